The zero-order chi connectivity index (χ0) is 16.4. The largest absolute Gasteiger partial charge is 0.341 e. The highest BCUT2D eigenvalue weighted by molar-refractivity contribution is 5.80. The highest BCUT2D eigenvalue weighted by atomic mass is 16.2. The number of carbonyl (C=O) groups excluding carboxylic acids is 2. The molecule has 0 aromatic carbocycles. The van der Waals surface area contributed by atoms with Crippen LogP contribution in [0.25, 0.3) is 0 Å². The summed E-state index contributed by atoms with van der Waals surface area (Å²) in [6.45, 7) is 10.1. The Labute approximate surface area is 140 Å². The Morgan fingerprint density at radius 3 is 2.04 bits per heavy atom. The predicted molar refractivity (Wildman–Crippen MR) is 89.9 cm³/mol. The minimum absolute atomic E-state index is 0.266. The van der Waals surface area contributed by atoms with Crippen molar-refractivity contribution in [2.75, 3.05) is 45.8 Å². The monoisotopic (exact) mass is 321 g/mol. The molecule has 0 aromatic rings. The third kappa shape index (κ3) is 4.06. The SMILES string of the molecule is CC1CC(C)CN(C(=O)CN2CCN(C(=O)C3CCC3)CC2)C1. The fraction of sp³-hybridized carbons (Fsp3) is 0.889. The van der Waals surface area contributed by atoms with Crippen molar-refractivity contribution in [2.24, 2.45) is 17.8 Å². The first kappa shape index (κ1) is 16.7. The Hall–Kier alpha value is -1.10. The number of likely N-dealkylation sites (tertiary alicyclic amines) is 1. The molecule has 2 aliphatic heterocycles. The van der Waals surface area contributed by atoms with Crippen molar-refractivity contribution in [2.45, 2.75) is 39.5 Å². The van der Waals surface area contributed by atoms with Crippen LogP contribution < -0.4 is 0 Å². The molecule has 0 spiro atoms. The number of piperazine rings is 1. The van der Waals surface area contributed by atoms with Crippen molar-refractivity contribution in [1.82, 2.24) is 14.7 Å². The van der Waals surface area contributed by atoms with Crippen LogP contribution in [0.4, 0.5) is 0 Å². The van der Waals surface area contributed by atoms with Gasteiger partial charge in [-0.25, -0.2) is 0 Å². The molecule has 3 aliphatic rings. The maximum atomic E-state index is 12.5. The van der Waals surface area contributed by atoms with Crippen molar-refractivity contribution in [3.63, 3.8) is 0 Å². The van der Waals surface area contributed by atoms with Gasteiger partial charge in [-0.2, -0.15) is 0 Å². The highest BCUT2D eigenvalue weighted by Crippen LogP contribution is 2.28. The van der Waals surface area contributed by atoms with Crippen molar-refractivity contribution >= 4 is 11.8 Å². The predicted octanol–water partition coefficient (Wildman–Crippen LogP) is 1.44. The zero-order valence-electron chi connectivity index (χ0n) is 14.7. The summed E-state index contributed by atoms with van der Waals surface area (Å²) in [5.41, 5.74) is 0. The molecule has 1 aliphatic carbocycles. The average Bonchev–Trinajstić information content (AvgIpc) is 2.45. The van der Waals surface area contributed by atoms with Gasteiger partial charge in [0.1, 0.15) is 0 Å². The van der Waals surface area contributed by atoms with Crippen LogP contribution in [0.2, 0.25) is 0 Å². The molecule has 0 bridgehead atoms. The van der Waals surface area contributed by atoms with E-state index in [9.17, 15) is 9.59 Å². The van der Waals surface area contributed by atoms with Gasteiger partial charge in [-0.3, -0.25) is 14.5 Å². The molecular weight excluding hydrogens is 290 g/mol. The Morgan fingerprint density at radius 2 is 1.52 bits per heavy atom. The van der Waals surface area contributed by atoms with E-state index in [0.29, 0.717) is 30.2 Å². The normalized spacial score (nSPS) is 30.2. The molecule has 3 rings (SSSR count). The van der Waals surface area contributed by atoms with Gasteiger partial charge in [0.05, 0.1) is 6.54 Å². The van der Waals surface area contributed by atoms with Gasteiger partial charge in [0.15, 0.2) is 0 Å². The molecule has 130 valence electrons. The van der Waals surface area contributed by atoms with Crippen LogP contribution in [0, 0.1) is 17.8 Å². The Bertz CT molecular complexity index is 432. The summed E-state index contributed by atoms with van der Waals surface area (Å²) in [4.78, 5) is 31.1. The first-order chi connectivity index (χ1) is 11.0. The second kappa shape index (κ2) is 7.20. The van der Waals surface area contributed by atoms with E-state index in [1.807, 2.05) is 9.80 Å². The number of rotatable bonds is 3. The molecule has 0 N–H and O–H groups in total. The maximum Gasteiger partial charge on any atom is 0.236 e. The van der Waals surface area contributed by atoms with Gasteiger partial charge in [0.25, 0.3) is 0 Å². The van der Waals surface area contributed by atoms with Gasteiger partial charge in [0, 0.05) is 45.2 Å². The van der Waals surface area contributed by atoms with Crippen molar-refractivity contribution in [1.29, 1.82) is 0 Å². The number of hydrogen-bond acceptors (Lipinski definition) is 3. The lowest BCUT2D eigenvalue weighted by Gasteiger charge is -2.40. The lowest BCUT2D eigenvalue weighted by Crippen LogP contribution is -2.54. The summed E-state index contributed by atoms with van der Waals surface area (Å²) in [5.74, 6) is 2.13. The van der Waals surface area contributed by atoms with E-state index in [4.69, 9.17) is 0 Å². The summed E-state index contributed by atoms with van der Waals surface area (Å²) >= 11 is 0. The Kier molecular flexibility index (Phi) is 5.24. The fourth-order valence-corrected chi connectivity index (χ4v) is 4.20. The third-order valence-corrected chi connectivity index (χ3v) is 5.72. The van der Waals surface area contributed by atoms with Crippen molar-refractivity contribution in [3.05, 3.63) is 0 Å². The van der Waals surface area contributed by atoms with Gasteiger partial charge in [-0.05, 0) is 31.1 Å². The van der Waals surface area contributed by atoms with Crippen LogP contribution >= 0.6 is 0 Å². The van der Waals surface area contributed by atoms with E-state index >= 15 is 0 Å². The Balaban J connectivity index is 1.43. The molecule has 5 heteroatoms. The molecule has 3 fully saturated rings. The number of nitrogens with zero attached hydrogens (tertiary/aromatic N) is 3. The number of piperidine rings is 1. The molecule has 0 aromatic heterocycles. The average molecular weight is 321 g/mol. The van der Waals surface area contributed by atoms with Crippen LogP contribution in [0.15, 0.2) is 0 Å². The number of carbonyl (C=O) groups is 2. The summed E-state index contributed by atoms with van der Waals surface area (Å²) in [6, 6.07) is 0. The summed E-state index contributed by atoms with van der Waals surface area (Å²) in [5, 5.41) is 0. The quantitative estimate of drug-likeness (QED) is 0.790. The van der Waals surface area contributed by atoms with Gasteiger partial charge in [-0.1, -0.05) is 20.3 Å². The lowest BCUT2D eigenvalue weighted by atomic mass is 9.84. The first-order valence-corrected chi connectivity index (χ1v) is 9.32. The lowest BCUT2D eigenvalue weighted by molar-refractivity contribution is -0.141. The molecule has 2 saturated heterocycles. The van der Waals surface area contributed by atoms with E-state index in [-0.39, 0.29) is 5.91 Å². The van der Waals surface area contributed by atoms with Gasteiger partial charge in [0.2, 0.25) is 11.8 Å². The van der Waals surface area contributed by atoms with E-state index in [2.05, 4.69) is 18.7 Å². The molecule has 2 unspecified atom stereocenters. The highest BCUT2D eigenvalue weighted by Gasteiger charge is 2.32. The fourth-order valence-electron chi connectivity index (χ4n) is 4.20. The first-order valence-electron chi connectivity index (χ1n) is 9.32. The molecule has 5 nitrogen and oxygen atoms in total. The van der Waals surface area contributed by atoms with Crippen molar-refractivity contribution < 1.29 is 9.59 Å². The third-order valence-electron chi connectivity index (χ3n) is 5.72. The van der Waals surface area contributed by atoms with E-state index in [1.165, 1.54) is 12.8 Å². The summed E-state index contributed by atoms with van der Waals surface area (Å²) < 4.78 is 0. The molecule has 2 atom stereocenters. The zero-order valence-corrected chi connectivity index (χ0v) is 14.7. The minimum atomic E-state index is 0.266. The van der Waals surface area contributed by atoms with Crippen LogP contribution in [0.3, 0.4) is 0 Å². The Morgan fingerprint density at radius 1 is 0.913 bits per heavy atom. The topological polar surface area (TPSA) is 43.9 Å². The van der Waals surface area contributed by atoms with Gasteiger partial charge in [-0.15, -0.1) is 0 Å². The van der Waals surface area contributed by atoms with Crippen LogP contribution in [0.1, 0.15) is 39.5 Å². The van der Waals surface area contributed by atoms with Gasteiger partial charge >= 0.3 is 0 Å². The molecule has 2 amide bonds. The van der Waals surface area contributed by atoms with Crippen LogP contribution in [-0.4, -0.2) is 72.3 Å². The van der Waals surface area contributed by atoms with Gasteiger partial charge < -0.3 is 9.80 Å². The maximum absolute atomic E-state index is 12.5. The molecule has 23 heavy (non-hydrogen) atoms. The molecule has 2 heterocycles. The van der Waals surface area contributed by atoms with Crippen LogP contribution in [-0.2, 0) is 9.59 Å². The molecular formula is C18H31N3O2. The number of hydrogen-bond donors (Lipinski definition) is 0. The molecule has 0 radical (unpaired) electrons. The second-order valence-electron chi connectivity index (χ2n) is 7.97. The smallest absolute Gasteiger partial charge is 0.236 e. The minimum Gasteiger partial charge on any atom is -0.341 e. The number of amides is 2. The standard InChI is InChI=1S/C18H31N3O2/c1-14-10-15(2)12-21(11-14)17(22)13-19-6-8-20(9-7-19)18(23)16-4-3-5-16/h14-16H,3-13H2,1-2H3. The molecule has 1 saturated carbocycles. The van der Waals surface area contributed by atoms with Crippen molar-refractivity contribution in [3.8, 4) is 0 Å². The summed E-state index contributed by atoms with van der Waals surface area (Å²) in [6.07, 6.45) is 4.58. The van der Waals surface area contributed by atoms with E-state index in [0.717, 1.165) is 52.1 Å². The van der Waals surface area contributed by atoms with E-state index < -0.39 is 0 Å². The van der Waals surface area contributed by atoms with E-state index in [1.54, 1.807) is 0 Å². The van der Waals surface area contributed by atoms with Crippen LogP contribution in [0.5, 0.6) is 0 Å². The summed E-state index contributed by atoms with van der Waals surface area (Å²) in [7, 11) is 0. The second-order valence-corrected chi connectivity index (χ2v) is 7.97.